The highest BCUT2D eigenvalue weighted by Gasteiger charge is 2.71. The maximum Gasteiger partial charge on any atom is 0.584 e. The number of alkyl halides is 3. The molecule has 0 amide bonds. The number of rotatable bonds is 0. The van der Waals surface area contributed by atoms with Crippen molar-refractivity contribution in [3.8, 4) is 22.9 Å². The minimum absolute atomic E-state index is 0.299. The molecule has 1 unspecified atom stereocenters. The van der Waals surface area contributed by atoms with Crippen LogP contribution in [0.4, 0.5) is 13.2 Å². The van der Waals surface area contributed by atoms with Gasteiger partial charge in [-0.2, -0.15) is 18.3 Å². The summed E-state index contributed by atoms with van der Waals surface area (Å²) in [6.45, 7) is 3.57. The molecule has 0 aliphatic carbocycles. The summed E-state index contributed by atoms with van der Waals surface area (Å²) in [5.41, 5.74) is 1.26. The van der Waals surface area contributed by atoms with Crippen molar-refractivity contribution < 1.29 is 22.3 Å². The molecule has 11 heteroatoms. The van der Waals surface area contributed by atoms with E-state index in [1.807, 2.05) is 34.3 Å². The lowest BCUT2D eigenvalue weighted by atomic mass is 10.3. The summed E-state index contributed by atoms with van der Waals surface area (Å²) in [5.74, 6) is -0.276. The summed E-state index contributed by atoms with van der Waals surface area (Å²) in [4.78, 5) is 8.81. The molecule has 4 aromatic rings. The maximum absolute atomic E-state index is 13.5. The smallest absolute Gasteiger partial charge is 0.248 e. The van der Waals surface area contributed by atoms with Gasteiger partial charge < -0.3 is 0 Å². The first kappa shape index (κ1) is 16.3. The Kier molecular flexibility index (Phi) is 2.73. The molecular formula is C18H13F3N8+2. The van der Waals surface area contributed by atoms with E-state index in [1.54, 1.807) is 30.2 Å². The van der Waals surface area contributed by atoms with Gasteiger partial charge in [0, 0.05) is 18.2 Å². The van der Waals surface area contributed by atoms with Crippen LogP contribution in [0.3, 0.4) is 0 Å². The van der Waals surface area contributed by atoms with Crippen LogP contribution in [-0.4, -0.2) is 29.5 Å². The van der Waals surface area contributed by atoms with Gasteiger partial charge in [0.2, 0.25) is 12.0 Å². The van der Waals surface area contributed by atoms with E-state index in [1.165, 1.54) is 4.68 Å². The third-order valence-corrected chi connectivity index (χ3v) is 5.24. The van der Waals surface area contributed by atoms with Crippen LogP contribution in [-0.2, 0) is 12.1 Å². The van der Waals surface area contributed by atoms with Crippen molar-refractivity contribution in [2.24, 2.45) is 0 Å². The van der Waals surface area contributed by atoms with Crippen LogP contribution in [0.25, 0.3) is 22.9 Å². The fourth-order valence-corrected chi connectivity index (χ4v) is 4.17. The van der Waals surface area contributed by atoms with Crippen LogP contribution in [0.1, 0.15) is 17.2 Å². The lowest BCUT2D eigenvalue weighted by Gasteiger charge is -2.15. The summed E-state index contributed by atoms with van der Waals surface area (Å²) in [6.07, 6.45) is 0.554. The van der Waals surface area contributed by atoms with Crippen molar-refractivity contribution in [2.75, 3.05) is 0 Å². The minimum atomic E-state index is -4.58. The molecule has 2 aliphatic rings. The van der Waals surface area contributed by atoms with Crippen LogP contribution in [0.2, 0.25) is 0 Å². The highest BCUT2D eigenvalue weighted by molar-refractivity contribution is 5.55. The standard InChI is InChI=1S/C18H13F3N8/c1-10-9-27-14(8-22-10)13-7-15(17(19,20)21)25-28(13)18(27)26-6-4-3-5-12(26)16-23-11(2)24-29(16)18/h3-9H,1-2H3/q+2. The SMILES string of the molecule is Cc1c[n+]2c(cn1)-c1cc(C(F)(F)F)nn1C21n2nc(C)nc2-c2cccc[n+]21. The predicted octanol–water partition coefficient (Wildman–Crippen LogP) is 1.25. The third-order valence-electron chi connectivity index (χ3n) is 5.24. The Morgan fingerprint density at radius 1 is 1.03 bits per heavy atom. The van der Waals surface area contributed by atoms with E-state index in [9.17, 15) is 13.2 Å². The van der Waals surface area contributed by atoms with Gasteiger partial charge in [-0.15, -0.1) is 9.78 Å². The Balaban J connectivity index is 1.82. The van der Waals surface area contributed by atoms with Crippen LogP contribution in [0.5, 0.6) is 0 Å². The van der Waals surface area contributed by atoms with Gasteiger partial charge in [-0.3, -0.25) is 0 Å². The zero-order chi connectivity index (χ0) is 20.1. The Morgan fingerprint density at radius 3 is 2.66 bits per heavy atom. The van der Waals surface area contributed by atoms with E-state index in [4.69, 9.17) is 0 Å². The lowest BCUT2D eigenvalue weighted by molar-refractivity contribution is -0.990. The quantitative estimate of drug-likeness (QED) is 0.361. The average Bonchev–Trinajstić information content (AvgIpc) is 3.37. The van der Waals surface area contributed by atoms with Gasteiger partial charge in [-0.25, -0.2) is 9.97 Å². The molecule has 0 saturated carbocycles. The van der Waals surface area contributed by atoms with E-state index in [-0.39, 0.29) is 0 Å². The maximum atomic E-state index is 13.5. The zero-order valence-corrected chi connectivity index (χ0v) is 15.3. The number of hydrogen-bond donors (Lipinski definition) is 0. The van der Waals surface area contributed by atoms with Crippen LogP contribution < -0.4 is 9.13 Å². The number of pyridine rings is 1. The molecule has 0 N–H and O–H groups in total. The van der Waals surface area contributed by atoms with E-state index in [0.717, 1.165) is 11.8 Å². The van der Waals surface area contributed by atoms with Crippen molar-refractivity contribution >= 4 is 0 Å². The number of fused-ring (bicyclic) bond motifs is 10. The van der Waals surface area contributed by atoms with Crippen LogP contribution in [0.15, 0.2) is 42.9 Å². The average molecular weight is 398 g/mol. The lowest BCUT2D eigenvalue weighted by Crippen LogP contribution is -2.77. The molecule has 8 nitrogen and oxygen atoms in total. The zero-order valence-electron chi connectivity index (χ0n) is 15.3. The third kappa shape index (κ3) is 1.80. The number of nitrogens with zero attached hydrogens (tertiary/aromatic N) is 8. The summed E-state index contributed by atoms with van der Waals surface area (Å²) in [6, 6.07) is 6.56. The summed E-state index contributed by atoms with van der Waals surface area (Å²) in [5, 5.41) is 8.52. The first-order chi connectivity index (χ1) is 13.8. The molecule has 4 aromatic heterocycles. The van der Waals surface area contributed by atoms with Crippen molar-refractivity contribution in [2.45, 2.75) is 25.9 Å². The van der Waals surface area contributed by atoms with Crippen molar-refractivity contribution in [1.82, 2.24) is 29.5 Å². The summed E-state index contributed by atoms with van der Waals surface area (Å²) in [7, 11) is 0. The van der Waals surface area contributed by atoms with Gasteiger partial charge in [-0.1, -0.05) is 13.8 Å². The van der Waals surface area contributed by atoms with E-state index in [0.29, 0.717) is 28.7 Å². The Hall–Kier alpha value is -3.63. The Bertz CT molecular complexity index is 1340. The first-order valence-corrected chi connectivity index (χ1v) is 8.84. The van der Waals surface area contributed by atoms with E-state index >= 15 is 0 Å². The fourth-order valence-electron chi connectivity index (χ4n) is 4.17. The molecule has 0 radical (unpaired) electrons. The second-order valence-corrected chi connectivity index (χ2v) is 7.06. The number of aromatic nitrogens is 8. The molecule has 0 saturated heterocycles. The largest absolute Gasteiger partial charge is 0.584 e. The van der Waals surface area contributed by atoms with Gasteiger partial charge in [0.1, 0.15) is 17.7 Å². The molecule has 2 aliphatic heterocycles. The molecule has 1 atom stereocenters. The second-order valence-electron chi connectivity index (χ2n) is 7.06. The minimum Gasteiger partial charge on any atom is -0.248 e. The van der Waals surface area contributed by atoms with Gasteiger partial charge in [0.15, 0.2) is 17.6 Å². The van der Waals surface area contributed by atoms with Crippen LogP contribution >= 0.6 is 0 Å². The van der Waals surface area contributed by atoms with Crippen LogP contribution in [0, 0.1) is 13.8 Å². The molecular weight excluding hydrogens is 385 g/mol. The molecule has 0 fully saturated rings. The number of aryl methyl sites for hydroxylation is 2. The van der Waals surface area contributed by atoms with Crippen molar-refractivity contribution in [3.05, 3.63) is 60.1 Å². The van der Waals surface area contributed by atoms with Gasteiger partial charge in [0.05, 0.1) is 0 Å². The Labute approximate surface area is 161 Å². The second kappa shape index (κ2) is 4.85. The van der Waals surface area contributed by atoms with Crippen molar-refractivity contribution in [1.29, 1.82) is 0 Å². The van der Waals surface area contributed by atoms with E-state index in [2.05, 4.69) is 20.2 Å². The number of halogens is 3. The normalized spacial score (nSPS) is 18.7. The summed E-state index contributed by atoms with van der Waals surface area (Å²) < 4.78 is 47.2. The van der Waals surface area contributed by atoms with E-state index < -0.39 is 17.8 Å². The van der Waals surface area contributed by atoms with Gasteiger partial charge >= 0.3 is 12.1 Å². The van der Waals surface area contributed by atoms with Gasteiger partial charge in [0.25, 0.3) is 11.4 Å². The Morgan fingerprint density at radius 2 is 1.86 bits per heavy atom. The fraction of sp³-hybridized carbons (Fsp3) is 0.222. The molecule has 144 valence electrons. The summed E-state index contributed by atoms with van der Waals surface area (Å²) >= 11 is 0. The molecule has 6 rings (SSSR count). The first-order valence-electron chi connectivity index (χ1n) is 8.84. The molecule has 6 heterocycles. The van der Waals surface area contributed by atoms with Crippen molar-refractivity contribution in [3.63, 3.8) is 0 Å². The number of hydrogen-bond acceptors (Lipinski definition) is 4. The highest BCUT2D eigenvalue weighted by atomic mass is 19.4. The molecule has 0 bridgehead atoms. The predicted molar refractivity (Wildman–Crippen MR) is 89.9 cm³/mol. The molecule has 1 spiro atoms. The molecule has 29 heavy (non-hydrogen) atoms. The molecule has 0 aromatic carbocycles. The monoisotopic (exact) mass is 398 g/mol. The topological polar surface area (TPSA) is 69.2 Å². The van der Waals surface area contributed by atoms with Gasteiger partial charge in [-0.05, 0) is 19.9 Å². The highest BCUT2D eigenvalue weighted by Crippen LogP contribution is 2.39.